The fourth-order valence-corrected chi connectivity index (χ4v) is 1.90. The number of aliphatic imine (C=N–C) groups is 1. The van der Waals surface area contributed by atoms with Crippen LogP contribution in [0.4, 0.5) is 0 Å². The summed E-state index contributed by atoms with van der Waals surface area (Å²) >= 11 is 0. The number of amidine groups is 1. The van der Waals surface area contributed by atoms with Crippen molar-refractivity contribution >= 4 is 5.84 Å². The number of pyridine rings is 1. The molecule has 0 N–H and O–H groups in total. The summed E-state index contributed by atoms with van der Waals surface area (Å²) in [6.07, 6.45) is 14.2. The largest absolute Gasteiger partial charge is 3.00 e. The Morgan fingerprint density at radius 3 is 2.86 bits per heavy atom. The van der Waals surface area contributed by atoms with E-state index < -0.39 is 0 Å². The molecule has 5 heteroatoms. The number of rotatable bonds is 3. The normalized spacial score (nSPS) is 18.6. The van der Waals surface area contributed by atoms with E-state index in [1.54, 1.807) is 12.4 Å². The van der Waals surface area contributed by atoms with Gasteiger partial charge in [-0.15, -0.1) is 11.8 Å². The Morgan fingerprint density at radius 1 is 1.36 bits per heavy atom. The van der Waals surface area contributed by atoms with E-state index in [1.165, 1.54) is 0 Å². The molecule has 113 valence electrons. The third-order valence-corrected chi connectivity index (χ3v) is 2.79. The number of ether oxygens (including phenoxy) is 1. The summed E-state index contributed by atoms with van der Waals surface area (Å²) in [5.41, 5.74) is 2.59. The van der Waals surface area contributed by atoms with Crippen molar-refractivity contribution in [2.45, 2.75) is 6.92 Å². The van der Waals surface area contributed by atoms with Gasteiger partial charge in [-0.3, -0.25) is 4.98 Å². The van der Waals surface area contributed by atoms with E-state index in [0.717, 1.165) is 16.8 Å². The van der Waals surface area contributed by atoms with Gasteiger partial charge in [0.05, 0.1) is 6.61 Å². The molecule has 1 aliphatic heterocycles. The van der Waals surface area contributed by atoms with Crippen LogP contribution in [0.2, 0.25) is 0 Å². The number of hydrogen-bond donors (Lipinski definition) is 0. The predicted molar refractivity (Wildman–Crippen MR) is 84.2 cm³/mol. The Balaban J connectivity index is 0.00000121. The third kappa shape index (κ3) is 3.97. The van der Waals surface area contributed by atoms with Gasteiger partial charge in [-0.25, -0.2) is 0 Å². The molecule has 0 unspecified atom stereocenters. The Bertz CT molecular complexity index is 644. The van der Waals surface area contributed by atoms with E-state index in [0.29, 0.717) is 18.3 Å². The number of hydrogen-bond acceptors (Lipinski definition) is 3. The van der Waals surface area contributed by atoms with Gasteiger partial charge < -0.3 is 22.5 Å². The van der Waals surface area contributed by atoms with E-state index in [2.05, 4.69) is 21.4 Å². The molecule has 3 rings (SSSR count). The van der Waals surface area contributed by atoms with E-state index in [1.807, 2.05) is 43.4 Å². The molecule has 0 spiro atoms. The first-order valence-corrected chi connectivity index (χ1v) is 6.43. The van der Waals surface area contributed by atoms with Gasteiger partial charge in [-0.2, -0.15) is 23.8 Å². The summed E-state index contributed by atoms with van der Waals surface area (Å²) in [6, 6.07) is 3.79. The molecule has 0 bridgehead atoms. The van der Waals surface area contributed by atoms with Gasteiger partial charge in [0.2, 0.25) is 0 Å². The van der Waals surface area contributed by atoms with Crippen LogP contribution in [0.15, 0.2) is 71.0 Å². The van der Waals surface area contributed by atoms with Crippen LogP contribution >= 0.6 is 0 Å². The van der Waals surface area contributed by atoms with Crippen LogP contribution in [-0.2, 0) is 21.8 Å². The summed E-state index contributed by atoms with van der Waals surface area (Å²) < 4.78 is 5.52. The Morgan fingerprint density at radius 2 is 2.23 bits per heavy atom. The van der Waals surface area contributed by atoms with Gasteiger partial charge in [0, 0.05) is 12.4 Å². The Labute approximate surface area is 141 Å². The molecule has 1 aromatic heterocycles. The molecular formula is C17H16FeN3O. The van der Waals surface area contributed by atoms with Crippen LogP contribution in [0, 0.1) is 13.5 Å². The van der Waals surface area contributed by atoms with Crippen molar-refractivity contribution in [2.75, 3.05) is 6.61 Å². The quantitative estimate of drug-likeness (QED) is 0.625. The van der Waals surface area contributed by atoms with E-state index in [4.69, 9.17) is 4.74 Å². The molecule has 0 saturated carbocycles. The zero-order valence-corrected chi connectivity index (χ0v) is 13.5. The first-order valence-electron chi connectivity index (χ1n) is 6.43. The number of nitrogens with zero attached hydrogens (tertiary/aromatic N) is 3. The minimum Gasteiger partial charge on any atom is -0.498 e. The summed E-state index contributed by atoms with van der Waals surface area (Å²) in [7, 11) is 0. The predicted octanol–water partition coefficient (Wildman–Crippen LogP) is 3.72. The number of allylic oxidation sites excluding steroid dienone is 6. The second-order valence-corrected chi connectivity index (χ2v) is 4.17. The van der Waals surface area contributed by atoms with Crippen LogP contribution in [-0.4, -0.2) is 17.4 Å². The Kier molecular flexibility index (Phi) is 6.83. The van der Waals surface area contributed by atoms with Crippen molar-refractivity contribution in [3.63, 3.8) is 0 Å². The average molecular weight is 334 g/mol. The van der Waals surface area contributed by atoms with Gasteiger partial charge >= 0.3 is 17.1 Å². The van der Waals surface area contributed by atoms with Gasteiger partial charge in [0.15, 0.2) is 0 Å². The first-order chi connectivity index (χ1) is 9.86. The van der Waals surface area contributed by atoms with Crippen molar-refractivity contribution in [1.82, 2.24) is 4.98 Å². The van der Waals surface area contributed by atoms with E-state index in [9.17, 15) is 0 Å². The van der Waals surface area contributed by atoms with Gasteiger partial charge in [-0.1, -0.05) is 18.0 Å². The average Bonchev–Trinajstić information content (AvgIpc) is 3.02. The van der Waals surface area contributed by atoms with E-state index in [-0.39, 0.29) is 24.5 Å². The third-order valence-electron chi connectivity index (χ3n) is 2.79. The second-order valence-electron chi connectivity index (χ2n) is 4.17. The van der Waals surface area contributed by atoms with Crippen molar-refractivity contribution in [2.24, 2.45) is 4.99 Å². The van der Waals surface area contributed by atoms with Crippen LogP contribution in [0.5, 0.6) is 0 Å². The van der Waals surface area contributed by atoms with Gasteiger partial charge in [0.1, 0.15) is 5.88 Å². The maximum atomic E-state index is 5.52. The summed E-state index contributed by atoms with van der Waals surface area (Å²) in [5, 5.41) is 4.42. The van der Waals surface area contributed by atoms with Gasteiger partial charge in [-0.05, 0) is 18.6 Å². The fraction of sp³-hybridized carbons (Fsp3) is 0.118. The minimum absolute atomic E-state index is 0. The minimum atomic E-state index is 0. The second kappa shape index (κ2) is 8.37. The molecule has 0 fully saturated rings. The molecule has 0 amide bonds. The molecule has 4 nitrogen and oxygen atoms in total. The van der Waals surface area contributed by atoms with Crippen LogP contribution < -0.4 is 0 Å². The molecular weight excluding hydrogens is 318 g/mol. The smallest absolute Gasteiger partial charge is 0.498 e. The maximum absolute atomic E-state index is 5.52. The molecule has 1 aromatic rings. The molecule has 2 aliphatic rings. The zero-order valence-electron chi connectivity index (χ0n) is 12.4. The maximum Gasteiger partial charge on any atom is 3.00 e. The molecule has 0 saturated heterocycles. The zero-order chi connectivity index (χ0) is 13.8. The first kappa shape index (κ1) is 17.9. The van der Waals surface area contributed by atoms with Crippen LogP contribution in [0.3, 0.4) is 0 Å². The fourth-order valence-electron chi connectivity index (χ4n) is 1.90. The molecule has 0 atom stereocenters. The van der Waals surface area contributed by atoms with Gasteiger partial charge in [0.25, 0.3) is 0 Å². The monoisotopic (exact) mass is 334 g/mol. The SMILES string of the molecule is CCOC1=C/C(=C2/[C-]=CC=C2)N=C(c2cccnc2)[N-]1.[CH3-].[Fe+3]. The van der Waals surface area contributed by atoms with Crippen LogP contribution in [0.25, 0.3) is 5.32 Å². The molecule has 1 radical (unpaired) electrons. The summed E-state index contributed by atoms with van der Waals surface area (Å²) in [6.45, 7) is 2.49. The van der Waals surface area contributed by atoms with Crippen LogP contribution in [0.1, 0.15) is 12.5 Å². The summed E-state index contributed by atoms with van der Waals surface area (Å²) in [4.78, 5) is 8.67. The molecule has 1 aliphatic carbocycles. The summed E-state index contributed by atoms with van der Waals surface area (Å²) in [5.74, 6) is 1.17. The Hall–Kier alpha value is -2.10. The van der Waals surface area contributed by atoms with Crippen molar-refractivity contribution < 1.29 is 21.8 Å². The molecule has 2 heterocycles. The van der Waals surface area contributed by atoms with Crippen molar-refractivity contribution in [3.05, 3.63) is 90.4 Å². The standard InChI is InChI=1S/C16H13N3O.CH3.Fe/c1-2-20-15-10-14(12-6-3-4-7-12)18-16(19-15)13-8-5-9-17-11-13;;/h3-6,8-11H,2H2,1H3;1H3;/q-2;-1;+3/b14-12-;;. The van der Waals surface area contributed by atoms with Crippen molar-refractivity contribution in [1.29, 1.82) is 0 Å². The van der Waals surface area contributed by atoms with E-state index >= 15 is 0 Å². The topological polar surface area (TPSA) is 48.6 Å². The molecule has 22 heavy (non-hydrogen) atoms. The molecule has 0 aromatic carbocycles. The van der Waals surface area contributed by atoms with Crippen molar-refractivity contribution in [3.8, 4) is 0 Å². The number of aromatic nitrogens is 1.